The van der Waals surface area contributed by atoms with E-state index in [0.29, 0.717) is 29.3 Å². The number of ether oxygens (including phenoxy) is 2. The molecule has 190 valence electrons. The quantitative estimate of drug-likeness (QED) is 0.477. The number of aromatic nitrogens is 4. The first kappa shape index (κ1) is 24.1. The molecule has 3 heterocycles. The van der Waals surface area contributed by atoms with E-state index in [1.807, 2.05) is 32.0 Å². The van der Waals surface area contributed by atoms with Crippen LogP contribution in [0.1, 0.15) is 65.5 Å². The molecule has 3 aromatic rings. The van der Waals surface area contributed by atoms with E-state index >= 15 is 0 Å². The standard InChI is InChI=1S/C25H26F3N5O3/c1-4-36-24-29-11-17-19(30-24)12-32(23(17)16-6-5-7-20(35-3)14(16)2)22(34)13-33-21(25(26,27)28)10-18(31-33)15-8-9-15/h5-7,10-11,15,23H,4,8-9,12-13H2,1-3H3/t23-/m1/s1. The summed E-state index contributed by atoms with van der Waals surface area (Å²) in [6, 6.07) is 6.16. The van der Waals surface area contributed by atoms with Crippen LogP contribution >= 0.6 is 0 Å². The maximum Gasteiger partial charge on any atom is 0.433 e. The molecule has 0 unspecified atom stereocenters. The van der Waals surface area contributed by atoms with Crippen LogP contribution in [0.2, 0.25) is 0 Å². The van der Waals surface area contributed by atoms with Gasteiger partial charge in [-0.25, -0.2) is 4.98 Å². The molecular formula is C25H26F3N5O3. The van der Waals surface area contributed by atoms with Crippen LogP contribution in [0.25, 0.3) is 0 Å². The van der Waals surface area contributed by atoms with E-state index in [4.69, 9.17) is 9.47 Å². The number of rotatable bonds is 7. The van der Waals surface area contributed by atoms with E-state index in [-0.39, 0.29) is 18.5 Å². The number of nitrogens with zero attached hydrogens (tertiary/aromatic N) is 5. The van der Waals surface area contributed by atoms with Crippen molar-refractivity contribution in [2.24, 2.45) is 0 Å². The SMILES string of the molecule is CCOc1ncc2c(n1)CN(C(=O)Cn1nc(C3CC3)cc1C(F)(F)F)[C@@H]2c1cccc(OC)c1C. The smallest absolute Gasteiger partial charge is 0.433 e. The first-order chi connectivity index (χ1) is 17.2. The Labute approximate surface area is 206 Å². The Morgan fingerprint density at radius 1 is 1.22 bits per heavy atom. The minimum Gasteiger partial charge on any atom is -0.496 e. The number of amides is 1. The van der Waals surface area contributed by atoms with Gasteiger partial charge in [-0.1, -0.05) is 12.1 Å². The molecule has 0 bridgehead atoms. The van der Waals surface area contributed by atoms with Crippen LogP contribution in [-0.4, -0.2) is 44.3 Å². The largest absolute Gasteiger partial charge is 0.496 e. The topological polar surface area (TPSA) is 82.4 Å². The Morgan fingerprint density at radius 3 is 2.67 bits per heavy atom. The Balaban J connectivity index is 1.53. The zero-order valence-corrected chi connectivity index (χ0v) is 20.2. The molecule has 1 aliphatic heterocycles. The van der Waals surface area contributed by atoms with Crippen LogP contribution in [0, 0.1) is 6.92 Å². The number of benzene rings is 1. The molecule has 1 amide bonds. The highest BCUT2D eigenvalue weighted by Crippen LogP contribution is 2.43. The molecule has 1 aromatic carbocycles. The fourth-order valence-corrected chi connectivity index (χ4v) is 4.68. The van der Waals surface area contributed by atoms with Gasteiger partial charge in [0.1, 0.15) is 18.0 Å². The fraction of sp³-hybridized carbons (Fsp3) is 0.440. The zero-order valence-electron chi connectivity index (χ0n) is 20.2. The molecule has 36 heavy (non-hydrogen) atoms. The Kier molecular flexibility index (Phi) is 6.09. The lowest BCUT2D eigenvalue weighted by Gasteiger charge is -2.27. The summed E-state index contributed by atoms with van der Waals surface area (Å²) < 4.78 is 52.9. The molecule has 11 heteroatoms. The Bertz CT molecular complexity index is 1300. The van der Waals surface area contributed by atoms with Crippen LogP contribution in [0.3, 0.4) is 0 Å². The molecule has 0 N–H and O–H groups in total. The van der Waals surface area contributed by atoms with Crippen molar-refractivity contribution in [3.05, 3.63) is 64.2 Å². The van der Waals surface area contributed by atoms with E-state index in [2.05, 4.69) is 15.1 Å². The average Bonchev–Trinajstić information content (AvgIpc) is 3.48. The van der Waals surface area contributed by atoms with E-state index in [1.165, 1.54) is 4.90 Å². The summed E-state index contributed by atoms with van der Waals surface area (Å²) in [5.41, 5.74) is 2.34. The van der Waals surface area contributed by atoms with Crippen LogP contribution < -0.4 is 9.47 Å². The highest BCUT2D eigenvalue weighted by atomic mass is 19.4. The number of fused-ring (bicyclic) bond motifs is 1. The Morgan fingerprint density at radius 2 is 2.00 bits per heavy atom. The molecule has 0 radical (unpaired) electrons. The van der Waals surface area contributed by atoms with Crippen molar-refractivity contribution in [3.63, 3.8) is 0 Å². The van der Waals surface area contributed by atoms with Gasteiger partial charge in [0.25, 0.3) is 0 Å². The summed E-state index contributed by atoms with van der Waals surface area (Å²) in [6.45, 7) is 3.63. The van der Waals surface area contributed by atoms with Crippen molar-refractivity contribution in [2.45, 2.75) is 57.9 Å². The van der Waals surface area contributed by atoms with Gasteiger partial charge in [0.05, 0.1) is 37.7 Å². The maximum absolute atomic E-state index is 13.8. The van der Waals surface area contributed by atoms with Gasteiger partial charge in [0, 0.05) is 17.7 Å². The average molecular weight is 502 g/mol. The van der Waals surface area contributed by atoms with Gasteiger partial charge in [0.2, 0.25) is 5.91 Å². The lowest BCUT2D eigenvalue weighted by atomic mass is 9.96. The van der Waals surface area contributed by atoms with Crippen LogP contribution in [0.4, 0.5) is 13.2 Å². The third-order valence-electron chi connectivity index (χ3n) is 6.61. The van der Waals surface area contributed by atoms with Gasteiger partial charge in [-0.3, -0.25) is 9.48 Å². The monoisotopic (exact) mass is 501 g/mol. The number of carbonyl (C=O) groups excluding carboxylic acids is 1. The second-order valence-corrected chi connectivity index (χ2v) is 8.97. The van der Waals surface area contributed by atoms with Gasteiger partial charge in [-0.05, 0) is 49.9 Å². The summed E-state index contributed by atoms with van der Waals surface area (Å²) in [5, 5.41) is 4.16. The van der Waals surface area contributed by atoms with Gasteiger partial charge in [0.15, 0.2) is 0 Å². The molecular weight excluding hydrogens is 475 g/mol. The van der Waals surface area contributed by atoms with Crippen molar-refractivity contribution < 1.29 is 27.4 Å². The lowest BCUT2D eigenvalue weighted by molar-refractivity contribution is -0.146. The second-order valence-electron chi connectivity index (χ2n) is 8.97. The number of halogens is 3. The molecule has 1 fully saturated rings. The van der Waals surface area contributed by atoms with Gasteiger partial charge in [-0.15, -0.1) is 0 Å². The number of alkyl halides is 3. The van der Waals surface area contributed by atoms with Crippen molar-refractivity contribution in [3.8, 4) is 11.8 Å². The molecule has 8 nitrogen and oxygen atoms in total. The fourth-order valence-electron chi connectivity index (χ4n) is 4.68. The number of carbonyl (C=O) groups is 1. The second kappa shape index (κ2) is 9.11. The first-order valence-corrected chi connectivity index (χ1v) is 11.8. The van der Waals surface area contributed by atoms with Gasteiger partial charge in [-0.2, -0.15) is 23.3 Å². The van der Waals surface area contributed by atoms with Crippen molar-refractivity contribution in [2.75, 3.05) is 13.7 Å². The van der Waals surface area contributed by atoms with Crippen LogP contribution in [0.15, 0.2) is 30.5 Å². The molecule has 5 rings (SSSR count). The van der Waals surface area contributed by atoms with E-state index < -0.39 is 30.4 Å². The maximum atomic E-state index is 13.8. The lowest BCUT2D eigenvalue weighted by Crippen LogP contribution is -2.34. The van der Waals surface area contributed by atoms with E-state index in [9.17, 15) is 18.0 Å². The number of hydrogen-bond acceptors (Lipinski definition) is 6. The Hall–Kier alpha value is -3.63. The number of hydrogen-bond donors (Lipinski definition) is 0. The summed E-state index contributed by atoms with van der Waals surface area (Å²) in [7, 11) is 1.56. The highest BCUT2D eigenvalue weighted by Gasteiger charge is 2.41. The predicted molar refractivity (Wildman–Crippen MR) is 123 cm³/mol. The summed E-state index contributed by atoms with van der Waals surface area (Å²) in [5.74, 6) is 0.160. The summed E-state index contributed by atoms with van der Waals surface area (Å²) >= 11 is 0. The summed E-state index contributed by atoms with van der Waals surface area (Å²) in [4.78, 5) is 23.9. The third-order valence-corrected chi connectivity index (χ3v) is 6.61. The van der Waals surface area contributed by atoms with E-state index in [0.717, 1.165) is 34.7 Å². The molecule has 0 spiro atoms. The minimum atomic E-state index is -4.62. The molecule has 1 atom stereocenters. The zero-order chi connectivity index (χ0) is 25.6. The summed E-state index contributed by atoms with van der Waals surface area (Å²) in [6.07, 6.45) is -1.39. The first-order valence-electron chi connectivity index (χ1n) is 11.8. The van der Waals surface area contributed by atoms with Crippen molar-refractivity contribution in [1.82, 2.24) is 24.6 Å². The molecule has 1 aliphatic carbocycles. The normalized spacial score (nSPS) is 17.3. The van der Waals surface area contributed by atoms with E-state index in [1.54, 1.807) is 13.3 Å². The molecule has 2 aromatic heterocycles. The minimum absolute atomic E-state index is 0.0259. The number of methoxy groups -OCH3 is 1. The van der Waals surface area contributed by atoms with Crippen LogP contribution in [-0.2, 0) is 24.1 Å². The molecule has 1 saturated carbocycles. The molecule has 0 saturated heterocycles. The molecule has 2 aliphatic rings. The van der Waals surface area contributed by atoms with Gasteiger partial charge >= 0.3 is 12.2 Å². The third kappa shape index (κ3) is 4.38. The van der Waals surface area contributed by atoms with Crippen molar-refractivity contribution in [1.29, 1.82) is 0 Å². The van der Waals surface area contributed by atoms with Crippen molar-refractivity contribution >= 4 is 5.91 Å². The highest BCUT2D eigenvalue weighted by molar-refractivity contribution is 5.78. The van der Waals surface area contributed by atoms with Crippen LogP contribution in [0.5, 0.6) is 11.8 Å². The van der Waals surface area contributed by atoms with Gasteiger partial charge < -0.3 is 14.4 Å². The predicted octanol–water partition coefficient (Wildman–Crippen LogP) is 4.42.